The monoisotopic (exact) mass is 222 g/mol. The van der Waals surface area contributed by atoms with Gasteiger partial charge < -0.3 is 0 Å². The Balaban J connectivity index is 2.33. The molecular weight excluding hydrogens is 212 g/mol. The third-order valence-electron chi connectivity index (χ3n) is 2.29. The molecule has 0 saturated heterocycles. The van der Waals surface area contributed by atoms with Crippen molar-refractivity contribution in [3.05, 3.63) is 60.4 Å². The van der Waals surface area contributed by atoms with Gasteiger partial charge in [0.1, 0.15) is 5.84 Å². The molecule has 1 aromatic carbocycles. The van der Waals surface area contributed by atoms with Crippen molar-refractivity contribution in [2.75, 3.05) is 4.90 Å². The molecule has 0 bridgehead atoms. The lowest BCUT2D eigenvalue weighted by molar-refractivity contribution is 1.25. The maximum atomic E-state index is 9.13. The number of nitrogens with one attached hydrogen (secondary N) is 1. The molecule has 1 N–H and O–H groups in total. The normalized spacial score (nSPS) is 9.35. The van der Waals surface area contributed by atoms with Crippen LogP contribution in [0.15, 0.2) is 54.9 Å². The molecule has 2 aromatic rings. The maximum absolute atomic E-state index is 9.13. The van der Waals surface area contributed by atoms with E-state index in [2.05, 4.69) is 4.98 Å². The minimum Gasteiger partial charge on any atom is -0.283 e. The minimum atomic E-state index is 0.140. The smallest absolute Gasteiger partial charge is 0.190 e. The molecule has 0 aliphatic heterocycles. The van der Waals surface area contributed by atoms with E-state index in [9.17, 15) is 0 Å². The van der Waals surface area contributed by atoms with Gasteiger partial charge in [-0.25, -0.2) is 4.90 Å². The second-order valence-electron chi connectivity index (χ2n) is 3.36. The molecule has 0 spiro atoms. The fourth-order valence-corrected chi connectivity index (χ4v) is 1.45. The van der Waals surface area contributed by atoms with Crippen molar-refractivity contribution in [3.8, 4) is 6.19 Å². The maximum Gasteiger partial charge on any atom is 0.190 e. The lowest BCUT2D eigenvalue weighted by Gasteiger charge is -2.16. The van der Waals surface area contributed by atoms with Crippen LogP contribution in [0.4, 0.5) is 5.69 Å². The van der Waals surface area contributed by atoms with Crippen LogP contribution in [0.1, 0.15) is 5.56 Å². The molecule has 0 aliphatic rings. The molecule has 0 unspecified atom stereocenters. The fourth-order valence-electron chi connectivity index (χ4n) is 1.45. The van der Waals surface area contributed by atoms with Crippen molar-refractivity contribution in [2.24, 2.45) is 0 Å². The summed E-state index contributed by atoms with van der Waals surface area (Å²) in [6.07, 6.45) is 5.21. The number of amidine groups is 1. The van der Waals surface area contributed by atoms with Crippen molar-refractivity contribution in [3.63, 3.8) is 0 Å². The molecule has 82 valence electrons. The summed E-state index contributed by atoms with van der Waals surface area (Å²) in [4.78, 5) is 5.16. The number of pyridine rings is 1. The molecule has 0 atom stereocenters. The van der Waals surface area contributed by atoms with E-state index in [-0.39, 0.29) is 5.84 Å². The van der Waals surface area contributed by atoms with Gasteiger partial charge in [0.05, 0.1) is 5.69 Å². The molecule has 2 rings (SSSR count). The van der Waals surface area contributed by atoms with E-state index < -0.39 is 0 Å². The van der Waals surface area contributed by atoms with Gasteiger partial charge >= 0.3 is 0 Å². The van der Waals surface area contributed by atoms with Crippen molar-refractivity contribution in [1.82, 2.24) is 4.98 Å². The van der Waals surface area contributed by atoms with Crippen LogP contribution in [0.3, 0.4) is 0 Å². The van der Waals surface area contributed by atoms with Crippen LogP contribution in [0, 0.1) is 16.9 Å². The Kier molecular flexibility index (Phi) is 3.13. The Morgan fingerprint density at radius 2 is 1.76 bits per heavy atom. The molecule has 0 radical (unpaired) electrons. The van der Waals surface area contributed by atoms with Crippen LogP contribution < -0.4 is 4.90 Å². The van der Waals surface area contributed by atoms with Crippen LogP contribution in [-0.4, -0.2) is 10.8 Å². The van der Waals surface area contributed by atoms with Gasteiger partial charge in [-0.3, -0.25) is 10.4 Å². The Bertz CT molecular complexity index is 543. The number of anilines is 1. The van der Waals surface area contributed by atoms with Crippen LogP contribution in [0.25, 0.3) is 0 Å². The Morgan fingerprint density at radius 1 is 1.12 bits per heavy atom. The molecule has 17 heavy (non-hydrogen) atoms. The van der Waals surface area contributed by atoms with E-state index in [0.29, 0.717) is 11.3 Å². The topological polar surface area (TPSA) is 63.8 Å². The lowest BCUT2D eigenvalue weighted by atomic mass is 10.2. The molecule has 4 nitrogen and oxygen atoms in total. The van der Waals surface area contributed by atoms with Gasteiger partial charge in [-0.2, -0.15) is 5.26 Å². The van der Waals surface area contributed by atoms with Crippen molar-refractivity contribution >= 4 is 11.5 Å². The summed E-state index contributed by atoms with van der Waals surface area (Å²) < 4.78 is 0. The van der Waals surface area contributed by atoms with Gasteiger partial charge in [0.2, 0.25) is 0 Å². The molecule has 0 amide bonds. The van der Waals surface area contributed by atoms with Crippen LogP contribution >= 0.6 is 0 Å². The molecular formula is C13H10N4. The second-order valence-corrected chi connectivity index (χ2v) is 3.36. The quantitative estimate of drug-likeness (QED) is 0.367. The van der Waals surface area contributed by atoms with Gasteiger partial charge in [-0.15, -0.1) is 0 Å². The predicted molar refractivity (Wildman–Crippen MR) is 65.6 cm³/mol. The molecule has 0 saturated carbocycles. The highest BCUT2D eigenvalue weighted by Crippen LogP contribution is 2.15. The van der Waals surface area contributed by atoms with Crippen molar-refractivity contribution < 1.29 is 0 Å². The Labute approximate surface area is 99.3 Å². The zero-order chi connectivity index (χ0) is 12.1. The molecule has 0 aliphatic carbocycles. The average Bonchev–Trinajstić information content (AvgIpc) is 2.42. The standard InChI is InChI=1S/C13H10N4/c14-10-17(12-4-2-1-3-5-12)13(15)11-6-8-16-9-7-11/h1-9,15H. The minimum absolute atomic E-state index is 0.140. The van der Waals surface area contributed by atoms with E-state index >= 15 is 0 Å². The highest BCUT2D eigenvalue weighted by molar-refractivity contribution is 6.09. The molecule has 4 heteroatoms. The van der Waals surface area contributed by atoms with Crippen LogP contribution in [0.2, 0.25) is 0 Å². The zero-order valence-corrected chi connectivity index (χ0v) is 9.04. The number of benzene rings is 1. The lowest BCUT2D eigenvalue weighted by Crippen LogP contribution is -2.25. The summed E-state index contributed by atoms with van der Waals surface area (Å²) in [5.41, 5.74) is 1.34. The number of hydrogen-bond acceptors (Lipinski definition) is 3. The summed E-state index contributed by atoms with van der Waals surface area (Å²) in [7, 11) is 0. The number of hydrogen-bond donors (Lipinski definition) is 1. The molecule has 0 fully saturated rings. The number of nitriles is 1. The van der Waals surface area contributed by atoms with Crippen LogP contribution in [-0.2, 0) is 0 Å². The summed E-state index contributed by atoms with van der Waals surface area (Å²) in [6.45, 7) is 0. The number of nitrogens with zero attached hydrogens (tertiary/aromatic N) is 3. The van der Waals surface area contributed by atoms with Gasteiger partial charge in [0, 0.05) is 18.0 Å². The third-order valence-corrected chi connectivity index (χ3v) is 2.29. The van der Waals surface area contributed by atoms with E-state index in [0.717, 1.165) is 0 Å². The first-order chi connectivity index (χ1) is 8.33. The van der Waals surface area contributed by atoms with E-state index in [4.69, 9.17) is 10.7 Å². The van der Waals surface area contributed by atoms with E-state index in [1.807, 2.05) is 24.4 Å². The SMILES string of the molecule is N#CN(C(=N)c1ccncc1)c1ccccc1. The number of para-hydroxylation sites is 1. The van der Waals surface area contributed by atoms with Crippen molar-refractivity contribution in [1.29, 1.82) is 10.7 Å². The average molecular weight is 222 g/mol. The third kappa shape index (κ3) is 2.29. The summed E-state index contributed by atoms with van der Waals surface area (Å²) in [5.74, 6) is 0.140. The largest absolute Gasteiger partial charge is 0.283 e. The predicted octanol–water partition coefficient (Wildman–Crippen LogP) is 2.39. The summed E-state index contributed by atoms with van der Waals surface area (Å²) in [5, 5.41) is 17.1. The van der Waals surface area contributed by atoms with Crippen molar-refractivity contribution in [2.45, 2.75) is 0 Å². The highest BCUT2D eigenvalue weighted by Gasteiger charge is 2.12. The Morgan fingerprint density at radius 3 is 2.35 bits per heavy atom. The molecule has 1 aromatic heterocycles. The second kappa shape index (κ2) is 4.90. The first-order valence-electron chi connectivity index (χ1n) is 5.07. The fraction of sp³-hybridized carbons (Fsp3) is 0. The number of rotatable bonds is 2. The van der Waals surface area contributed by atoms with Gasteiger partial charge in [-0.1, -0.05) is 18.2 Å². The number of aromatic nitrogens is 1. The Hall–Kier alpha value is -2.67. The summed E-state index contributed by atoms with van der Waals surface area (Å²) in [6, 6.07) is 12.5. The first kappa shape index (κ1) is 10.8. The van der Waals surface area contributed by atoms with E-state index in [1.165, 1.54) is 4.90 Å². The zero-order valence-electron chi connectivity index (χ0n) is 9.04. The highest BCUT2D eigenvalue weighted by atomic mass is 15.2. The summed E-state index contributed by atoms with van der Waals surface area (Å²) >= 11 is 0. The first-order valence-corrected chi connectivity index (χ1v) is 5.07. The molecule has 1 heterocycles. The van der Waals surface area contributed by atoms with E-state index in [1.54, 1.807) is 36.7 Å². The van der Waals surface area contributed by atoms with Gasteiger partial charge in [0.25, 0.3) is 0 Å². The van der Waals surface area contributed by atoms with Gasteiger partial charge in [0.15, 0.2) is 6.19 Å². The van der Waals surface area contributed by atoms with Crippen LogP contribution in [0.5, 0.6) is 0 Å². The van der Waals surface area contributed by atoms with Gasteiger partial charge in [-0.05, 0) is 24.3 Å².